The molecule has 0 aromatic heterocycles. The number of methoxy groups -OCH3 is 1. The topological polar surface area (TPSA) is 62.3 Å². The standard InChI is InChI=1S/C19H26ClN3O4/c1-26-12-11-23-18(24)14-17(19(23)25)22-8-6-21(7-9-22)10-13-27-16-4-2-15(20)3-5-16/h2-5,17H,6-14H2,1H3/t17-/m1/s1. The van der Waals surface area contributed by atoms with Crippen LogP contribution in [0.3, 0.4) is 0 Å². The molecule has 2 aliphatic heterocycles. The summed E-state index contributed by atoms with van der Waals surface area (Å²) in [6, 6.07) is 7.02. The number of ether oxygens (including phenoxy) is 2. The van der Waals surface area contributed by atoms with Gasteiger partial charge in [-0.2, -0.15) is 0 Å². The van der Waals surface area contributed by atoms with Gasteiger partial charge in [-0.05, 0) is 24.3 Å². The van der Waals surface area contributed by atoms with Crippen molar-refractivity contribution in [1.29, 1.82) is 0 Å². The SMILES string of the molecule is COCCN1C(=O)C[C@@H](N2CCN(CCOc3ccc(Cl)cc3)CC2)C1=O. The average molecular weight is 396 g/mol. The zero-order valence-corrected chi connectivity index (χ0v) is 16.4. The monoisotopic (exact) mass is 395 g/mol. The highest BCUT2D eigenvalue weighted by Crippen LogP contribution is 2.20. The molecule has 2 fully saturated rings. The summed E-state index contributed by atoms with van der Waals surface area (Å²) < 4.78 is 10.7. The molecule has 0 aliphatic carbocycles. The van der Waals surface area contributed by atoms with Crippen LogP contribution in [0.2, 0.25) is 5.02 Å². The Hall–Kier alpha value is -1.67. The van der Waals surface area contributed by atoms with Crippen molar-refractivity contribution in [3.8, 4) is 5.75 Å². The third kappa shape index (κ3) is 5.19. The molecular formula is C19H26ClN3O4. The van der Waals surface area contributed by atoms with E-state index < -0.39 is 0 Å². The van der Waals surface area contributed by atoms with Crippen LogP contribution in [-0.4, -0.2) is 92.1 Å². The number of imide groups is 1. The highest BCUT2D eigenvalue weighted by Gasteiger charge is 2.42. The van der Waals surface area contributed by atoms with Crippen LogP contribution in [0.4, 0.5) is 0 Å². The summed E-state index contributed by atoms with van der Waals surface area (Å²) in [7, 11) is 1.57. The highest BCUT2D eigenvalue weighted by atomic mass is 35.5. The quantitative estimate of drug-likeness (QED) is 0.614. The second kappa shape index (κ2) is 9.50. The number of amides is 2. The van der Waals surface area contributed by atoms with Gasteiger partial charge in [0.15, 0.2) is 0 Å². The van der Waals surface area contributed by atoms with Gasteiger partial charge >= 0.3 is 0 Å². The fourth-order valence-corrected chi connectivity index (χ4v) is 3.62. The average Bonchev–Trinajstić information content (AvgIpc) is 2.96. The molecule has 1 aromatic rings. The first-order valence-electron chi connectivity index (χ1n) is 9.26. The number of carbonyl (C=O) groups excluding carboxylic acids is 2. The molecule has 0 unspecified atom stereocenters. The fourth-order valence-electron chi connectivity index (χ4n) is 3.49. The number of hydrogen-bond donors (Lipinski definition) is 0. The first-order chi connectivity index (χ1) is 13.1. The van der Waals surface area contributed by atoms with E-state index >= 15 is 0 Å². The van der Waals surface area contributed by atoms with Crippen molar-refractivity contribution in [2.24, 2.45) is 0 Å². The number of hydrogen-bond acceptors (Lipinski definition) is 6. The maximum absolute atomic E-state index is 12.5. The van der Waals surface area contributed by atoms with Crippen molar-refractivity contribution in [2.45, 2.75) is 12.5 Å². The third-order valence-corrected chi connectivity index (χ3v) is 5.33. The molecule has 0 bridgehead atoms. The summed E-state index contributed by atoms with van der Waals surface area (Å²) in [6.07, 6.45) is 0.280. The van der Waals surface area contributed by atoms with Gasteiger partial charge < -0.3 is 9.47 Å². The van der Waals surface area contributed by atoms with Crippen molar-refractivity contribution < 1.29 is 19.1 Å². The summed E-state index contributed by atoms with van der Waals surface area (Å²) in [5.41, 5.74) is 0. The highest BCUT2D eigenvalue weighted by molar-refractivity contribution is 6.30. The first kappa shape index (κ1) is 20.1. The van der Waals surface area contributed by atoms with E-state index in [2.05, 4.69) is 9.80 Å². The summed E-state index contributed by atoms with van der Waals surface area (Å²) in [5, 5.41) is 0.694. The van der Waals surface area contributed by atoms with Crippen LogP contribution in [-0.2, 0) is 14.3 Å². The van der Waals surface area contributed by atoms with E-state index in [0.29, 0.717) is 24.8 Å². The molecule has 1 atom stereocenters. The van der Waals surface area contributed by atoms with Gasteiger partial charge in [-0.15, -0.1) is 0 Å². The van der Waals surface area contributed by atoms with Gasteiger partial charge in [0.2, 0.25) is 11.8 Å². The molecule has 148 valence electrons. The number of piperazine rings is 1. The molecule has 0 spiro atoms. The Bertz CT molecular complexity index is 647. The molecule has 8 heteroatoms. The largest absolute Gasteiger partial charge is 0.492 e. The number of carbonyl (C=O) groups is 2. The van der Waals surface area contributed by atoms with Crippen LogP contribution in [0.5, 0.6) is 5.75 Å². The van der Waals surface area contributed by atoms with Gasteiger partial charge in [0.25, 0.3) is 0 Å². The lowest BCUT2D eigenvalue weighted by molar-refractivity contribution is -0.140. The Morgan fingerprint density at radius 2 is 1.74 bits per heavy atom. The van der Waals surface area contributed by atoms with Gasteiger partial charge in [0, 0.05) is 44.9 Å². The molecule has 3 rings (SSSR count). The molecule has 0 N–H and O–H groups in total. The zero-order chi connectivity index (χ0) is 19.2. The van der Waals surface area contributed by atoms with Crippen LogP contribution >= 0.6 is 11.6 Å². The maximum atomic E-state index is 12.5. The maximum Gasteiger partial charge on any atom is 0.247 e. The molecule has 2 saturated heterocycles. The van der Waals surface area contributed by atoms with Crippen LogP contribution < -0.4 is 4.74 Å². The van der Waals surface area contributed by atoms with E-state index in [0.717, 1.165) is 38.5 Å². The van der Waals surface area contributed by atoms with E-state index in [-0.39, 0.29) is 24.3 Å². The van der Waals surface area contributed by atoms with Gasteiger partial charge in [-0.25, -0.2) is 0 Å². The molecule has 7 nitrogen and oxygen atoms in total. The Labute approximate surface area is 164 Å². The van der Waals surface area contributed by atoms with Crippen molar-refractivity contribution >= 4 is 23.4 Å². The van der Waals surface area contributed by atoms with E-state index in [1.54, 1.807) is 7.11 Å². The fraction of sp³-hybridized carbons (Fsp3) is 0.579. The third-order valence-electron chi connectivity index (χ3n) is 5.08. The zero-order valence-electron chi connectivity index (χ0n) is 15.6. The van der Waals surface area contributed by atoms with E-state index in [9.17, 15) is 9.59 Å². The molecule has 0 radical (unpaired) electrons. The van der Waals surface area contributed by atoms with Crippen LogP contribution in [0.15, 0.2) is 24.3 Å². The molecule has 2 amide bonds. The van der Waals surface area contributed by atoms with Crippen LogP contribution in [0.1, 0.15) is 6.42 Å². The lowest BCUT2D eigenvalue weighted by atomic mass is 10.2. The van der Waals surface area contributed by atoms with Gasteiger partial charge in [-0.1, -0.05) is 11.6 Å². The lowest BCUT2D eigenvalue weighted by Crippen LogP contribution is -2.53. The second-order valence-corrected chi connectivity index (χ2v) is 7.21. The molecule has 0 saturated carbocycles. The lowest BCUT2D eigenvalue weighted by Gasteiger charge is -2.36. The predicted octanol–water partition coefficient (Wildman–Crippen LogP) is 1.11. The number of halogens is 1. The van der Waals surface area contributed by atoms with E-state index in [1.165, 1.54) is 4.90 Å². The van der Waals surface area contributed by atoms with Gasteiger partial charge in [-0.3, -0.25) is 24.3 Å². The first-order valence-corrected chi connectivity index (χ1v) is 9.64. The molecular weight excluding hydrogens is 370 g/mol. The number of nitrogens with zero attached hydrogens (tertiary/aromatic N) is 3. The summed E-state index contributed by atoms with van der Waals surface area (Å²) in [6.45, 7) is 5.44. The Kier molecular flexibility index (Phi) is 7.07. The summed E-state index contributed by atoms with van der Waals surface area (Å²) in [4.78, 5) is 30.4. The van der Waals surface area contributed by atoms with Crippen LogP contribution in [0, 0.1) is 0 Å². The number of rotatable bonds is 8. The minimum atomic E-state index is -0.318. The normalized spacial score (nSPS) is 21.9. The van der Waals surface area contributed by atoms with E-state index in [4.69, 9.17) is 21.1 Å². The Balaban J connectivity index is 1.40. The molecule has 2 heterocycles. The predicted molar refractivity (Wildman–Crippen MR) is 102 cm³/mol. The van der Waals surface area contributed by atoms with Crippen molar-refractivity contribution in [3.05, 3.63) is 29.3 Å². The van der Waals surface area contributed by atoms with Crippen molar-refractivity contribution in [1.82, 2.24) is 14.7 Å². The smallest absolute Gasteiger partial charge is 0.247 e. The summed E-state index contributed by atoms with van der Waals surface area (Å²) in [5.74, 6) is 0.627. The minimum absolute atomic E-state index is 0.0865. The van der Waals surface area contributed by atoms with Crippen LogP contribution in [0.25, 0.3) is 0 Å². The molecule has 2 aliphatic rings. The minimum Gasteiger partial charge on any atom is -0.492 e. The van der Waals surface area contributed by atoms with Gasteiger partial charge in [0.05, 0.1) is 25.6 Å². The second-order valence-electron chi connectivity index (χ2n) is 6.78. The van der Waals surface area contributed by atoms with E-state index in [1.807, 2.05) is 24.3 Å². The Morgan fingerprint density at radius 3 is 2.41 bits per heavy atom. The number of likely N-dealkylation sites (tertiary alicyclic amines) is 1. The van der Waals surface area contributed by atoms with Crippen molar-refractivity contribution in [3.63, 3.8) is 0 Å². The number of benzene rings is 1. The van der Waals surface area contributed by atoms with Gasteiger partial charge in [0.1, 0.15) is 12.4 Å². The summed E-state index contributed by atoms with van der Waals surface area (Å²) >= 11 is 5.87. The molecule has 27 heavy (non-hydrogen) atoms. The molecule has 1 aromatic carbocycles. The van der Waals surface area contributed by atoms with Crippen molar-refractivity contribution in [2.75, 3.05) is 59.6 Å². The Morgan fingerprint density at radius 1 is 1.04 bits per heavy atom.